The number of ether oxygens (including phenoxy) is 1. The summed E-state index contributed by atoms with van der Waals surface area (Å²) in [6.45, 7) is -0.390. The summed E-state index contributed by atoms with van der Waals surface area (Å²) in [4.78, 5) is 37.0. The molecule has 0 saturated heterocycles. The Morgan fingerprint density at radius 3 is 2.09 bits per heavy atom. The molecule has 0 aromatic heterocycles. The predicted octanol–water partition coefficient (Wildman–Crippen LogP) is 2.68. The van der Waals surface area contributed by atoms with Crippen molar-refractivity contribution in [2.45, 2.75) is 6.42 Å². The lowest BCUT2D eigenvalue weighted by molar-refractivity contribution is -0.145. The highest BCUT2D eigenvalue weighted by Crippen LogP contribution is 2.22. The number of hydrogen-bond acceptors (Lipinski definition) is 4. The van der Waals surface area contributed by atoms with Crippen molar-refractivity contribution in [3.8, 4) is 0 Å². The van der Waals surface area contributed by atoms with E-state index >= 15 is 0 Å². The van der Waals surface area contributed by atoms with Crippen molar-refractivity contribution < 1.29 is 19.1 Å². The molecule has 2 amide bonds. The highest BCUT2D eigenvalue weighted by molar-refractivity contribution is 6.30. The van der Waals surface area contributed by atoms with E-state index in [9.17, 15) is 14.4 Å². The standard InChI is InChI=1S/C17H12ClNO4/c18-12-7-5-11(6-8-12)9-15(20)23-10-19-16(21)13-3-1-2-4-14(13)17(19)22/h1-8H,9-10H2. The Balaban J connectivity index is 1.61. The first kappa shape index (κ1) is 15.2. The topological polar surface area (TPSA) is 63.7 Å². The molecule has 2 aromatic carbocycles. The minimum Gasteiger partial charge on any atom is -0.443 e. The summed E-state index contributed by atoms with van der Waals surface area (Å²) in [6.07, 6.45) is 0.0420. The number of carbonyl (C=O) groups is 3. The molecule has 0 N–H and O–H groups in total. The first-order chi connectivity index (χ1) is 11.1. The van der Waals surface area contributed by atoms with E-state index in [1.165, 1.54) is 0 Å². The molecule has 1 heterocycles. The van der Waals surface area contributed by atoms with Crippen LogP contribution in [0.15, 0.2) is 48.5 Å². The second kappa shape index (κ2) is 6.22. The molecule has 0 unspecified atom stereocenters. The summed E-state index contributed by atoms with van der Waals surface area (Å²) in [5.41, 5.74) is 1.39. The zero-order valence-corrected chi connectivity index (χ0v) is 12.7. The maximum Gasteiger partial charge on any atom is 0.311 e. The Morgan fingerprint density at radius 2 is 1.52 bits per heavy atom. The van der Waals surface area contributed by atoms with Gasteiger partial charge in [0.25, 0.3) is 11.8 Å². The second-order valence-corrected chi connectivity index (χ2v) is 5.47. The van der Waals surface area contributed by atoms with Crippen LogP contribution in [-0.2, 0) is 16.0 Å². The fourth-order valence-corrected chi connectivity index (χ4v) is 2.44. The van der Waals surface area contributed by atoms with E-state index in [2.05, 4.69) is 0 Å². The molecule has 2 aromatic rings. The highest BCUT2D eigenvalue weighted by atomic mass is 35.5. The quantitative estimate of drug-likeness (QED) is 0.639. The van der Waals surface area contributed by atoms with E-state index in [1.807, 2.05) is 0 Å². The zero-order valence-electron chi connectivity index (χ0n) is 12.0. The summed E-state index contributed by atoms with van der Waals surface area (Å²) in [5.74, 6) is -1.43. The summed E-state index contributed by atoms with van der Waals surface area (Å²) in [5, 5.41) is 0.577. The minimum absolute atomic E-state index is 0.0420. The van der Waals surface area contributed by atoms with Crippen LogP contribution in [0.4, 0.5) is 0 Å². The van der Waals surface area contributed by atoms with Gasteiger partial charge in [0.05, 0.1) is 17.5 Å². The third-order valence-corrected chi connectivity index (χ3v) is 3.75. The van der Waals surface area contributed by atoms with Crippen LogP contribution >= 0.6 is 11.6 Å². The number of rotatable bonds is 4. The van der Waals surface area contributed by atoms with Crippen molar-refractivity contribution in [2.75, 3.05) is 6.73 Å². The SMILES string of the molecule is O=C(Cc1ccc(Cl)cc1)OCN1C(=O)c2ccccc2C1=O. The number of fused-ring (bicyclic) bond motifs is 1. The normalized spacial score (nSPS) is 13.2. The molecule has 5 nitrogen and oxygen atoms in total. The number of carbonyl (C=O) groups excluding carboxylic acids is 3. The predicted molar refractivity (Wildman–Crippen MR) is 83.1 cm³/mol. The molecule has 0 aliphatic carbocycles. The molecule has 1 aliphatic heterocycles. The van der Waals surface area contributed by atoms with Crippen LogP contribution in [0.1, 0.15) is 26.3 Å². The Labute approximate surface area is 137 Å². The largest absolute Gasteiger partial charge is 0.443 e. The summed E-state index contributed by atoms with van der Waals surface area (Å²) >= 11 is 5.77. The lowest BCUT2D eigenvalue weighted by atomic mass is 10.1. The third-order valence-electron chi connectivity index (χ3n) is 3.49. The van der Waals surface area contributed by atoms with Crippen molar-refractivity contribution in [1.82, 2.24) is 4.90 Å². The molecular formula is C17H12ClNO4. The van der Waals surface area contributed by atoms with E-state index in [1.54, 1.807) is 48.5 Å². The average Bonchev–Trinajstić information content (AvgIpc) is 2.80. The molecule has 23 heavy (non-hydrogen) atoms. The van der Waals surface area contributed by atoms with Gasteiger partial charge in [-0.05, 0) is 29.8 Å². The summed E-state index contributed by atoms with van der Waals surface area (Å²) in [7, 11) is 0. The fraction of sp³-hybridized carbons (Fsp3) is 0.118. The van der Waals surface area contributed by atoms with Gasteiger partial charge < -0.3 is 4.74 Å². The highest BCUT2D eigenvalue weighted by Gasteiger charge is 2.35. The molecule has 0 bridgehead atoms. The van der Waals surface area contributed by atoms with Crippen molar-refractivity contribution in [3.05, 3.63) is 70.2 Å². The van der Waals surface area contributed by atoms with Crippen LogP contribution < -0.4 is 0 Å². The maximum atomic E-state index is 12.1. The number of hydrogen-bond donors (Lipinski definition) is 0. The van der Waals surface area contributed by atoms with E-state index in [0.717, 1.165) is 10.5 Å². The minimum atomic E-state index is -0.524. The average molecular weight is 330 g/mol. The Hall–Kier alpha value is -2.66. The molecule has 3 rings (SSSR count). The number of benzene rings is 2. The molecule has 6 heteroatoms. The van der Waals surface area contributed by atoms with Gasteiger partial charge >= 0.3 is 5.97 Å². The van der Waals surface area contributed by atoms with Gasteiger partial charge in [-0.3, -0.25) is 14.4 Å². The van der Waals surface area contributed by atoms with Crippen molar-refractivity contribution in [1.29, 1.82) is 0 Å². The van der Waals surface area contributed by atoms with E-state index < -0.39 is 24.5 Å². The van der Waals surface area contributed by atoms with Crippen LogP contribution in [0.2, 0.25) is 5.02 Å². The maximum absolute atomic E-state index is 12.1. The molecule has 1 aliphatic rings. The van der Waals surface area contributed by atoms with Gasteiger partial charge in [0.1, 0.15) is 0 Å². The van der Waals surface area contributed by atoms with Gasteiger partial charge in [0, 0.05) is 5.02 Å². The number of amides is 2. The lowest BCUT2D eigenvalue weighted by Gasteiger charge is -2.13. The van der Waals surface area contributed by atoms with Gasteiger partial charge in [-0.1, -0.05) is 35.9 Å². The molecule has 0 saturated carbocycles. The summed E-state index contributed by atoms with van der Waals surface area (Å²) < 4.78 is 5.04. The molecule has 116 valence electrons. The van der Waals surface area contributed by atoms with Crippen LogP contribution in [0.25, 0.3) is 0 Å². The van der Waals surface area contributed by atoms with E-state index in [0.29, 0.717) is 16.1 Å². The van der Waals surface area contributed by atoms with Crippen LogP contribution in [0.3, 0.4) is 0 Å². The van der Waals surface area contributed by atoms with Crippen molar-refractivity contribution >= 4 is 29.4 Å². The smallest absolute Gasteiger partial charge is 0.311 e. The Morgan fingerprint density at radius 1 is 0.957 bits per heavy atom. The monoisotopic (exact) mass is 329 g/mol. The van der Waals surface area contributed by atoms with E-state index in [4.69, 9.17) is 16.3 Å². The Kier molecular flexibility index (Phi) is 4.12. The fourth-order valence-electron chi connectivity index (χ4n) is 2.31. The van der Waals surface area contributed by atoms with Gasteiger partial charge in [0.2, 0.25) is 0 Å². The first-order valence-corrected chi connectivity index (χ1v) is 7.29. The van der Waals surface area contributed by atoms with Gasteiger partial charge in [0.15, 0.2) is 6.73 Å². The lowest BCUT2D eigenvalue weighted by Crippen LogP contribution is -2.33. The molecule has 0 spiro atoms. The Bertz CT molecular complexity index is 750. The first-order valence-electron chi connectivity index (χ1n) is 6.91. The van der Waals surface area contributed by atoms with Crippen molar-refractivity contribution in [2.24, 2.45) is 0 Å². The van der Waals surface area contributed by atoms with Gasteiger partial charge in [-0.2, -0.15) is 0 Å². The van der Waals surface area contributed by atoms with Crippen LogP contribution in [-0.4, -0.2) is 29.4 Å². The van der Waals surface area contributed by atoms with Gasteiger partial charge in [-0.25, -0.2) is 4.90 Å². The number of esters is 1. The molecular weight excluding hydrogens is 318 g/mol. The number of halogens is 1. The zero-order chi connectivity index (χ0) is 16.4. The molecule has 0 atom stereocenters. The van der Waals surface area contributed by atoms with Gasteiger partial charge in [-0.15, -0.1) is 0 Å². The number of nitrogens with zero attached hydrogens (tertiary/aromatic N) is 1. The molecule has 0 radical (unpaired) electrons. The third kappa shape index (κ3) is 3.10. The number of imide groups is 1. The second-order valence-electron chi connectivity index (χ2n) is 5.03. The van der Waals surface area contributed by atoms with Crippen LogP contribution in [0.5, 0.6) is 0 Å². The molecule has 0 fully saturated rings. The summed E-state index contributed by atoms with van der Waals surface area (Å²) in [6, 6.07) is 13.3. The van der Waals surface area contributed by atoms with E-state index in [-0.39, 0.29) is 6.42 Å². The van der Waals surface area contributed by atoms with Crippen molar-refractivity contribution in [3.63, 3.8) is 0 Å². The van der Waals surface area contributed by atoms with Crippen LogP contribution in [0, 0.1) is 0 Å².